The molecule has 1 atom stereocenters. The molecule has 6 nitrogen and oxygen atoms in total. The maximum Gasteiger partial charge on any atom is 0.253 e. The summed E-state index contributed by atoms with van der Waals surface area (Å²) < 4.78 is 109. The molecule has 14 heteroatoms. The van der Waals surface area contributed by atoms with Crippen molar-refractivity contribution in [1.82, 2.24) is 20.6 Å². The zero-order chi connectivity index (χ0) is 28.9. The molecule has 0 aliphatic heterocycles. The second kappa shape index (κ2) is 12.3. The highest BCUT2D eigenvalue weighted by Crippen LogP contribution is 2.19. The van der Waals surface area contributed by atoms with Crippen LogP contribution in [0.4, 0.5) is 40.8 Å². The molecule has 0 aliphatic rings. The van der Waals surface area contributed by atoms with Gasteiger partial charge in [0.25, 0.3) is 23.8 Å². The highest BCUT2D eigenvalue weighted by atomic mass is 19.2. The van der Waals surface area contributed by atoms with Gasteiger partial charge in [0.05, 0.1) is 6.04 Å². The number of hydrogen-bond donors (Lipinski definition) is 3. The molecule has 3 aromatic rings. The quantitative estimate of drug-likeness (QED) is 0.257. The number of halogens is 8. The van der Waals surface area contributed by atoms with E-state index in [-0.39, 0.29) is 23.4 Å². The lowest BCUT2D eigenvalue weighted by Crippen LogP contribution is -2.44. The van der Waals surface area contributed by atoms with Crippen molar-refractivity contribution in [3.05, 3.63) is 87.5 Å². The first-order valence-corrected chi connectivity index (χ1v) is 10.7. The van der Waals surface area contributed by atoms with Crippen LogP contribution in [0.3, 0.4) is 0 Å². The summed E-state index contributed by atoms with van der Waals surface area (Å²) >= 11 is 0. The van der Waals surface area contributed by atoms with Gasteiger partial charge in [-0.25, -0.2) is 17.6 Å². The van der Waals surface area contributed by atoms with E-state index < -0.39 is 70.1 Å². The van der Waals surface area contributed by atoms with Gasteiger partial charge in [-0.2, -0.15) is 27.5 Å². The summed E-state index contributed by atoms with van der Waals surface area (Å²) in [6.07, 6.45) is 0. The molecule has 0 bridgehead atoms. The topological polar surface area (TPSA) is 78.9 Å². The van der Waals surface area contributed by atoms with Crippen LogP contribution in [-0.4, -0.2) is 42.6 Å². The molecule has 0 radical (unpaired) electrons. The third-order valence-electron chi connectivity index (χ3n) is 4.93. The Bertz CT molecular complexity index is 1420. The lowest BCUT2D eigenvalue weighted by Gasteiger charge is -2.16. The smallest absolute Gasteiger partial charge is 0.253 e. The number of likely N-dealkylation sites (N-methyl/N-ethyl adjacent to an activating group) is 2. The van der Waals surface area contributed by atoms with Gasteiger partial charge in [-0.1, -0.05) is 23.7 Å². The number of rotatable bonds is 5. The van der Waals surface area contributed by atoms with Gasteiger partial charge in [0.15, 0.2) is 23.3 Å². The van der Waals surface area contributed by atoms with Crippen LogP contribution in [0.2, 0.25) is 0 Å². The Hall–Kier alpha value is -4.53. The summed E-state index contributed by atoms with van der Waals surface area (Å²) in [5, 5.41) is 8.03. The van der Waals surface area contributed by atoms with Crippen LogP contribution in [0.15, 0.2) is 18.2 Å². The molecular weight excluding hydrogens is 538 g/mol. The van der Waals surface area contributed by atoms with Crippen LogP contribution in [-0.2, 0) is 4.79 Å². The van der Waals surface area contributed by atoms with E-state index in [0.717, 1.165) is 6.07 Å². The van der Waals surface area contributed by atoms with Gasteiger partial charge in [-0.05, 0) is 32.3 Å². The molecule has 2 heterocycles. The van der Waals surface area contributed by atoms with Gasteiger partial charge < -0.3 is 16.0 Å². The highest BCUT2D eigenvalue weighted by molar-refractivity contribution is 5.95. The molecule has 2 aromatic heterocycles. The number of hydrogen-bond acceptors (Lipinski definition) is 5. The Morgan fingerprint density at radius 3 is 1.49 bits per heavy atom. The molecule has 0 saturated heterocycles. The minimum atomic E-state index is -1.94. The van der Waals surface area contributed by atoms with Crippen molar-refractivity contribution in [2.45, 2.75) is 6.04 Å². The summed E-state index contributed by atoms with van der Waals surface area (Å²) in [4.78, 5) is 17.4. The predicted octanol–water partition coefficient (Wildman–Crippen LogP) is 3.13. The average Bonchev–Trinajstić information content (AvgIpc) is 2.89. The lowest BCUT2D eigenvalue weighted by atomic mass is 10.1. The standard InChI is InChI=1S/C25H15F8N5O/c1-34-10-16(35-2)25(39)36-13-8-11(3-5-14-17(26)21(30)37-22(31)18(14)27)7-12(9-13)4-6-15-19(28)23(32)38-24(33)20(15)29/h7-9,16,34-35H,10H2,1-2H3,(H,36,39). The number of anilines is 1. The number of nitrogens with one attached hydrogen (secondary N) is 3. The maximum absolute atomic E-state index is 13.9. The number of carbonyl (C=O) groups excluding carboxylic acids is 1. The van der Waals surface area contributed by atoms with Gasteiger partial charge in [0.1, 0.15) is 11.1 Å². The molecule has 0 fully saturated rings. The Morgan fingerprint density at radius 2 is 1.13 bits per heavy atom. The van der Waals surface area contributed by atoms with Crippen LogP contribution in [0.25, 0.3) is 0 Å². The highest BCUT2D eigenvalue weighted by Gasteiger charge is 2.21. The Balaban J connectivity index is 2.13. The molecule has 39 heavy (non-hydrogen) atoms. The predicted molar refractivity (Wildman–Crippen MR) is 122 cm³/mol. The molecule has 0 spiro atoms. The zero-order valence-corrected chi connectivity index (χ0v) is 19.8. The van der Waals surface area contributed by atoms with Crippen LogP contribution in [0.1, 0.15) is 22.3 Å². The molecule has 3 N–H and O–H groups in total. The van der Waals surface area contributed by atoms with E-state index in [2.05, 4.69) is 37.8 Å². The van der Waals surface area contributed by atoms with Crippen molar-refractivity contribution < 1.29 is 39.9 Å². The van der Waals surface area contributed by atoms with E-state index in [1.165, 1.54) is 19.2 Å². The second-order valence-corrected chi connectivity index (χ2v) is 7.58. The average molecular weight is 553 g/mol. The Labute approximate surface area is 215 Å². The minimum Gasteiger partial charge on any atom is -0.325 e. The van der Waals surface area contributed by atoms with Gasteiger partial charge in [-0.15, -0.1) is 0 Å². The van der Waals surface area contributed by atoms with Crippen molar-refractivity contribution in [1.29, 1.82) is 0 Å². The van der Waals surface area contributed by atoms with E-state index in [1.54, 1.807) is 7.05 Å². The van der Waals surface area contributed by atoms with Crippen LogP contribution < -0.4 is 16.0 Å². The SMILES string of the molecule is CNCC(NC)C(=O)Nc1cc(C#Cc2c(F)c(F)nc(F)c2F)cc(C#Cc2c(F)c(F)nc(F)c2F)c1. The van der Waals surface area contributed by atoms with Crippen molar-refractivity contribution >= 4 is 11.6 Å². The largest absolute Gasteiger partial charge is 0.325 e. The van der Waals surface area contributed by atoms with Crippen molar-refractivity contribution in [3.63, 3.8) is 0 Å². The van der Waals surface area contributed by atoms with Gasteiger partial charge in [0, 0.05) is 23.4 Å². The molecule has 0 aliphatic carbocycles. The molecule has 3 rings (SSSR count). The fourth-order valence-electron chi connectivity index (χ4n) is 3.07. The van der Waals surface area contributed by atoms with Gasteiger partial charge in [-0.3, -0.25) is 4.79 Å². The molecule has 1 unspecified atom stereocenters. The summed E-state index contributed by atoms with van der Waals surface area (Å²) in [5.74, 6) is -7.43. The number of benzene rings is 1. The first-order chi connectivity index (χ1) is 18.5. The first kappa shape index (κ1) is 29.0. The lowest BCUT2D eigenvalue weighted by molar-refractivity contribution is -0.117. The van der Waals surface area contributed by atoms with E-state index in [0.29, 0.717) is 0 Å². The Kier molecular flexibility index (Phi) is 9.19. The van der Waals surface area contributed by atoms with E-state index in [4.69, 9.17) is 0 Å². The summed E-state index contributed by atoms with van der Waals surface area (Å²) in [6, 6.07) is 2.75. The fraction of sp³-hybridized carbons (Fsp3) is 0.160. The van der Waals surface area contributed by atoms with E-state index >= 15 is 0 Å². The van der Waals surface area contributed by atoms with Crippen LogP contribution in [0, 0.1) is 70.7 Å². The Morgan fingerprint density at radius 1 is 0.718 bits per heavy atom. The molecule has 0 saturated carbocycles. The maximum atomic E-state index is 13.9. The number of aromatic nitrogens is 2. The third-order valence-corrected chi connectivity index (χ3v) is 4.93. The van der Waals surface area contributed by atoms with Crippen molar-refractivity contribution in [2.75, 3.05) is 26.0 Å². The molecule has 1 aromatic carbocycles. The van der Waals surface area contributed by atoms with Gasteiger partial charge in [0.2, 0.25) is 5.91 Å². The zero-order valence-electron chi connectivity index (χ0n) is 19.8. The first-order valence-electron chi connectivity index (χ1n) is 10.7. The van der Waals surface area contributed by atoms with E-state index in [9.17, 15) is 39.9 Å². The molecule has 202 valence electrons. The minimum absolute atomic E-state index is 0.0199. The number of amides is 1. The second-order valence-electron chi connectivity index (χ2n) is 7.58. The summed E-state index contributed by atoms with van der Waals surface area (Å²) in [7, 11) is 3.10. The van der Waals surface area contributed by atoms with Crippen molar-refractivity contribution in [3.8, 4) is 23.7 Å². The normalized spacial score (nSPS) is 11.2. The summed E-state index contributed by atoms with van der Waals surface area (Å²) in [6.45, 7) is 0.198. The monoisotopic (exact) mass is 553 g/mol. The third kappa shape index (κ3) is 6.67. The number of nitrogens with zero attached hydrogens (tertiary/aromatic N) is 2. The fourth-order valence-corrected chi connectivity index (χ4v) is 3.07. The van der Waals surface area contributed by atoms with Crippen molar-refractivity contribution in [2.24, 2.45) is 0 Å². The molecule has 1 amide bonds. The number of carbonyl (C=O) groups is 1. The summed E-state index contributed by atoms with van der Waals surface area (Å²) in [5.41, 5.74) is -2.86. The number of pyridine rings is 2. The van der Waals surface area contributed by atoms with Crippen LogP contribution >= 0.6 is 0 Å². The van der Waals surface area contributed by atoms with Crippen LogP contribution in [0.5, 0.6) is 0 Å². The molecular formula is C25H15F8N5O. The van der Waals surface area contributed by atoms with Gasteiger partial charge >= 0.3 is 0 Å². The van der Waals surface area contributed by atoms with E-state index in [1.807, 2.05) is 11.8 Å².